The molecule has 0 saturated heterocycles. The maximum atomic E-state index is 3.64. The van der Waals surface area contributed by atoms with Crippen molar-refractivity contribution in [3.05, 3.63) is 33.3 Å². The highest BCUT2D eigenvalue weighted by Gasteiger charge is 2.17. The maximum Gasteiger partial charge on any atom is 0.0294 e. The number of rotatable bonds is 2. The highest BCUT2D eigenvalue weighted by Crippen LogP contribution is 2.32. The van der Waals surface area contributed by atoms with Crippen LogP contribution in [0.15, 0.2) is 16.6 Å². The van der Waals surface area contributed by atoms with Crippen molar-refractivity contribution in [2.75, 3.05) is 0 Å². The van der Waals surface area contributed by atoms with Gasteiger partial charge < -0.3 is 0 Å². The van der Waals surface area contributed by atoms with Gasteiger partial charge in [-0.05, 0) is 22.1 Å². The lowest BCUT2D eigenvalue weighted by atomic mass is 9.85. The van der Waals surface area contributed by atoms with Crippen molar-refractivity contribution in [3.63, 3.8) is 0 Å². The lowest BCUT2D eigenvalue weighted by Gasteiger charge is -2.22. The van der Waals surface area contributed by atoms with Gasteiger partial charge in [-0.1, -0.05) is 80.7 Å². The molecule has 0 aromatic heterocycles. The Morgan fingerprint density at radius 3 is 1.67 bits per heavy atom. The third kappa shape index (κ3) is 3.31. The number of hydrogen-bond donors (Lipinski definition) is 0. The minimum atomic E-state index is 0.203. The molecule has 3 heteroatoms. The molecule has 0 nitrogen and oxygen atoms in total. The van der Waals surface area contributed by atoms with E-state index in [1.807, 2.05) is 0 Å². The standard InChI is InChI=1S/C12H15Br3/c1-12(2,3)10-4-8(6-13)11(15)9(5-10)7-14/h4-5H,6-7H2,1-3H3. The van der Waals surface area contributed by atoms with Gasteiger partial charge in [0, 0.05) is 15.1 Å². The zero-order valence-corrected chi connectivity index (χ0v) is 14.0. The van der Waals surface area contributed by atoms with Crippen LogP contribution in [0.3, 0.4) is 0 Å². The van der Waals surface area contributed by atoms with Crippen molar-refractivity contribution in [2.24, 2.45) is 0 Å². The van der Waals surface area contributed by atoms with Crippen molar-refractivity contribution in [1.29, 1.82) is 0 Å². The molecule has 0 radical (unpaired) electrons. The van der Waals surface area contributed by atoms with Crippen molar-refractivity contribution in [3.8, 4) is 0 Å². The van der Waals surface area contributed by atoms with Crippen LogP contribution in [0.25, 0.3) is 0 Å². The summed E-state index contributed by atoms with van der Waals surface area (Å²) in [7, 11) is 0. The van der Waals surface area contributed by atoms with Crippen molar-refractivity contribution < 1.29 is 0 Å². The smallest absolute Gasteiger partial charge is 0.0294 e. The second-order valence-corrected chi connectivity index (χ2v) is 6.54. The molecular weight excluding hydrogens is 384 g/mol. The molecule has 0 fully saturated rings. The van der Waals surface area contributed by atoms with Crippen LogP contribution in [0.5, 0.6) is 0 Å². The van der Waals surface area contributed by atoms with Gasteiger partial charge in [0.25, 0.3) is 0 Å². The minimum absolute atomic E-state index is 0.203. The fourth-order valence-electron chi connectivity index (χ4n) is 1.38. The Balaban J connectivity index is 3.33. The van der Waals surface area contributed by atoms with Crippen molar-refractivity contribution in [2.45, 2.75) is 36.8 Å². The number of alkyl halides is 2. The van der Waals surface area contributed by atoms with Gasteiger partial charge in [-0.25, -0.2) is 0 Å². The largest absolute Gasteiger partial charge is 0.0876 e. The summed E-state index contributed by atoms with van der Waals surface area (Å²) in [4.78, 5) is 0. The van der Waals surface area contributed by atoms with Gasteiger partial charge in [-0.2, -0.15) is 0 Å². The predicted molar refractivity (Wildman–Crippen MR) is 78.1 cm³/mol. The summed E-state index contributed by atoms with van der Waals surface area (Å²) in [5, 5.41) is 1.77. The first-order valence-corrected chi connectivity index (χ1v) is 7.87. The lowest BCUT2D eigenvalue weighted by molar-refractivity contribution is 0.589. The maximum absolute atomic E-state index is 3.64. The van der Waals surface area contributed by atoms with Gasteiger partial charge in [0.1, 0.15) is 0 Å². The molecule has 0 heterocycles. The van der Waals surface area contributed by atoms with Crippen molar-refractivity contribution >= 4 is 47.8 Å². The van der Waals surface area contributed by atoms with Crippen LogP contribution in [0.2, 0.25) is 0 Å². The number of halogens is 3. The van der Waals surface area contributed by atoms with Crippen LogP contribution in [-0.2, 0) is 16.1 Å². The molecule has 0 N–H and O–H groups in total. The van der Waals surface area contributed by atoms with E-state index in [0.717, 1.165) is 10.7 Å². The molecule has 84 valence electrons. The van der Waals surface area contributed by atoms with Crippen LogP contribution in [0, 0.1) is 0 Å². The molecule has 0 spiro atoms. The first kappa shape index (κ1) is 13.7. The van der Waals surface area contributed by atoms with Crippen molar-refractivity contribution in [1.82, 2.24) is 0 Å². The molecular formula is C12H15Br3. The van der Waals surface area contributed by atoms with E-state index in [1.165, 1.54) is 21.2 Å². The quantitative estimate of drug-likeness (QED) is 0.574. The molecule has 0 aliphatic carbocycles. The van der Waals surface area contributed by atoms with Crippen LogP contribution in [0.1, 0.15) is 37.5 Å². The van der Waals surface area contributed by atoms with E-state index in [-0.39, 0.29) is 5.41 Å². The van der Waals surface area contributed by atoms with Gasteiger partial charge in [0.05, 0.1) is 0 Å². The Bertz CT molecular complexity index is 325. The average molecular weight is 399 g/mol. The number of hydrogen-bond acceptors (Lipinski definition) is 0. The third-order valence-corrected chi connectivity index (χ3v) is 4.60. The summed E-state index contributed by atoms with van der Waals surface area (Å²) >= 11 is 10.7. The van der Waals surface area contributed by atoms with Crippen LogP contribution in [-0.4, -0.2) is 0 Å². The summed E-state index contributed by atoms with van der Waals surface area (Å²) in [5.41, 5.74) is 4.22. The van der Waals surface area contributed by atoms with Crippen LogP contribution in [0.4, 0.5) is 0 Å². The predicted octanol–water partition coefficient (Wildman–Crippen LogP) is 5.54. The monoisotopic (exact) mass is 396 g/mol. The zero-order valence-electron chi connectivity index (χ0n) is 9.20. The van der Waals surface area contributed by atoms with E-state index in [1.54, 1.807) is 0 Å². The Kier molecular flexibility index (Phi) is 4.87. The molecule has 1 aromatic carbocycles. The fourth-order valence-corrected chi connectivity index (χ4v) is 3.52. The number of benzene rings is 1. The summed E-state index contributed by atoms with van der Waals surface area (Å²) < 4.78 is 1.21. The van der Waals surface area contributed by atoms with Crippen LogP contribution < -0.4 is 0 Å². The van der Waals surface area contributed by atoms with Gasteiger partial charge in [0.15, 0.2) is 0 Å². The molecule has 15 heavy (non-hydrogen) atoms. The Morgan fingerprint density at radius 1 is 1.00 bits per heavy atom. The molecule has 1 aromatic rings. The molecule has 0 saturated carbocycles. The van der Waals surface area contributed by atoms with E-state index in [9.17, 15) is 0 Å². The second kappa shape index (κ2) is 5.33. The van der Waals surface area contributed by atoms with E-state index in [0.29, 0.717) is 0 Å². The molecule has 0 amide bonds. The first-order valence-electron chi connectivity index (χ1n) is 4.84. The Hall–Kier alpha value is 0.660. The summed E-state index contributed by atoms with van der Waals surface area (Å²) in [5.74, 6) is 0. The highest BCUT2D eigenvalue weighted by molar-refractivity contribution is 9.11. The SMILES string of the molecule is CC(C)(C)c1cc(CBr)c(Br)c(CBr)c1. The zero-order chi connectivity index (χ0) is 11.6. The average Bonchev–Trinajstić information content (AvgIpc) is 2.16. The van der Waals surface area contributed by atoms with Gasteiger partial charge in [-0.3, -0.25) is 0 Å². The molecule has 0 unspecified atom stereocenters. The molecule has 0 aliphatic rings. The molecule has 0 bridgehead atoms. The van der Waals surface area contributed by atoms with Gasteiger partial charge in [-0.15, -0.1) is 0 Å². The van der Waals surface area contributed by atoms with E-state index >= 15 is 0 Å². The van der Waals surface area contributed by atoms with Gasteiger partial charge in [0.2, 0.25) is 0 Å². The highest BCUT2D eigenvalue weighted by atomic mass is 79.9. The minimum Gasteiger partial charge on any atom is -0.0876 e. The summed E-state index contributed by atoms with van der Waals surface area (Å²) in [6.45, 7) is 6.73. The van der Waals surface area contributed by atoms with E-state index in [2.05, 4.69) is 80.7 Å². The Labute approximate surface area is 117 Å². The van der Waals surface area contributed by atoms with E-state index in [4.69, 9.17) is 0 Å². The van der Waals surface area contributed by atoms with Crippen LogP contribution >= 0.6 is 47.8 Å². The lowest BCUT2D eigenvalue weighted by Crippen LogP contribution is -2.12. The third-order valence-electron chi connectivity index (χ3n) is 2.38. The summed E-state index contributed by atoms with van der Waals surface area (Å²) in [6.07, 6.45) is 0. The summed E-state index contributed by atoms with van der Waals surface area (Å²) in [6, 6.07) is 4.54. The Morgan fingerprint density at radius 2 is 1.40 bits per heavy atom. The normalized spacial score (nSPS) is 11.9. The molecule has 1 rings (SSSR count). The second-order valence-electron chi connectivity index (χ2n) is 4.63. The van der Waals surface area contributed by atoms with E-state index < -0.39 is 0 Å². The molecule has 0 aliphatic heterocycles. The first-order chi connectivity index (χ1) is 6.90. The topological polar surface area (TPSA) is 0 Å². The van der Waals surface area contributed by atoms with Gasteiger partial charge >= 0.3 is 0 Å². The fraction of sp³-hybridized carbons (Fsp3) is 0.500. The molecule has 0 atom stereocenters.